The van der Waals surface area contributed by atoms with Gasteiger partial charge in [-0.25, -0.2) is 4.79 Å². The van der Waals surface area contributed by atoms with Gasteiger partial charge in [-0.15, -0.1) is 0 Å². The summed E-state index contributed by atoms with van der Waals surface area (Å²) in [5.41, 5.74) is 2.36. The first kappa shape index (κ1) is 19.0. The molecular formula is C19H21N3O4. The lowest BCUT2D eigenvalue weighted by atomic mass is 10.2. The molecule has 0 unspecified atom stereocenters. The molecule has 0 aliphatic carbocycles. The van der Waals surface area contributed by atoms with Crippen LogP contribution in [0.2, 0.25) is 0 Å². The molecule has 0 bridgehead atoms. The highest BCUT2D eigenvalue weighted by molar-refractivity contribution is 5.95. The molecule has 7 heteroatoms. The Morgan fingerprint density at radius 1 is 0.923 bits per heavy atom. The molecule has 2 aromatic carbocycles. The molecule has 0 aliphatic rings. The van der Waals surface area contributed by atoms with Gasteiger partial charge in [-0.05, 0) is 49.4 Å². The zero-order valence-electron chi connectivity index (χ0n) is 14.7. The van der Waals surface area contributed by atoms with Crippen LogP contribution < -0.4 is 16.0 Å². The molecule has 0 aliphatic heterocycles. The Labute approximate surface area is 151 Å². The van der Waals surface area contributed by atoms with Crippen molar-refractivity contribution in [1.82, 2.24) is 0 Å². The molecule has 136 valence electrons. The fourth-order valence-corrected chi connectivity index (χ4v) is 2.20. The third kappa shape index (κ3) is 5.94. The molecule has 0 atom stereocenters. The highest BCUT2D eigenvalue weighted by atomic mass is 16.5. The van der Waals surface area contributed by atoms with E-state index in [9.17, 15) is 14.4 Å². The Kier molecular flexibility index (Phi) is 6.73. The predicted molar refractivity (Wildman–Crippen MR) is 100 cm³/mol. The van der Waals surface area contributed by atoms with Crippen LogP contribution in [-0.4, -0.2) is 30.9 Å². The minimum absolute atomic E-state index is 0.0586. The zero-order chi connectivity index (χ0) is 18.9. The molecule has 0 radical (unpaired) electrons. The second kappa shape index (κ2) is 9.22. The van der Waals surface area contributed by atoms with Crippen molar-refractivity contribution in [2.45, 2.75) is 13.8 Å². The fourth-order valence-electron chi connectivity index (χ4n) is 2.20. The molecule has 2 amide bonds. The molecule has 0 saturated heterocycles. The lowest BCUT2D eigenvalue weighted by molar-refractivity contribution is -0.115. The molecular weight excluding hydrogens is 334 g/mol. The van der Waals surface area contributed by atoms with Crippen LogP contribution in [0.4, 0.5) is 17.1 Å². The Morgan fingerprint density at radius 2 is 1.58 bits per heavy atom. The average molecular weight is 355 g/mol. The summed E-state index contributed by atoms with van der Waals surface area (Å²) in [6.45, 7) is 3.55. The first-order valence-electron chi connectivity index (χ1n) is 8.16. The van der Waals surface area contributed by atoms with Crippen molar-refractivity contribution in [3.8, 4) is 0 Å². The molecule has 2 rings (SSSR count). The number of amides is 2. The highest BCUT2D eigenvalue weighted by Gasteiger charge is 2.07. The number of ether oxygens (including phenoxy) is 1. The van der Waals surface area contributed by atoms with E-state index in [1.807, 2.05) is 0 Å². The van der Waals surface area contributed by atoms with Gasteiger partial charge < -0.3 is 20.7 Å². The van der Waals surface area contributed by atoms with Crippen molar-refractivity contribution >= 4 is 34.8 Å². The van der Waals surface area contributed by atoms with Crippen LogP contribution in [0.25, 0.3) is 0 Å². The van der Waals surface area contributed by atoms with Gasteiger partial charge in [0, 0.05) is 24.0 Å². The topological polar surface area (TPSA) is 96.5 Å². The number of carbonyl (C=O) groups excluding carboxylic acids is 3. The minimum Gasteiger partial charge on any atom is -0.462 e. The Bertz CT molecular complexity index is 788. The summed E-state index contributed by atoms with van der Waals surface area (Å²) >= 11 is 0. The summed E-state index contributed by atoms with van der Waals surface area (Å²) in [5, 5.41) is 8.38. The Hall–Kier alpha value is -3.35. The van der Waals surface area contributed by atoms with Crippen molar-refractivity contribution in [2.75, 3.05) is 29.1 Å². The SMILES string of the molecule is CCOC(=O)c1ccc(NCC(=O)Nc2cccc(NC(C)=O)c2)cc1. The van der Waals surface area contributed by atoms with E-state index >= 15 is 0 Å². The van der Waals surface area contributed by atoms with Crippen LogP contribution in [-0.2, 0) is 14.3 Å². The number of hydrogen-bond donors (Lipinski definition) is 3. The first-order valence-corrected chi connectivity index (χ1v) is 8.16. The Morgan fingerprint density at radius 3 is 2.19 bits per heavy atom. The van der Waals surface area contributed by atoms with E-state index in [4.69, 9.17) is 4.74 Å². The molecule has 0 heterocycles. The van der Waals surface area contributed by atoms with Crippen molar-refractivity contribution in [3.63, 3.8) is 0 Å². The standard InChI is InChI=1S/C19H21N3O4/c1-3-26-19(25)14-7-9-15(10-8-14)20-12-18(24)22-17-6-4-5-16(11-17)21-13(2)23/h4-11,20H,3,12H2,1-2H3,(H,21,23)(H,22,24). The summed E-state index contributed by atoms with van der Waals surface area (Å²) in [5.74, 6) is -0.795. The van der Waals surface area contributed by atoms with E-state index in [-0.39, 0.29) is 24.3 Å². The van der Waals surface area contributed by atoms with Gasteiger partial charge in [0.05, 0.1) is 18.7 Å². The van der Waals surface area contributed by atoms with Gasteiger partial charge in [0.15, 0.2) is 0 Å². The fraction of sp³-hybridized carbons (Fsp3) is 0.211. The lowest BCUT2D eigenvalue weighted by Crippen LogP contribution is -2.21. The van der Waals surface area contributed by atoms with Gasteiger partial charge in [-0.2, -0.15) is 0 Å². The third-order valence-corrected chi connectivity index (χ3v) is 3.32. The van der Waals surface area contributed by atoms with Crippen molar-refractivity contribution in [1.29, 1.82) is 0 Å². The van der Waals surface area contributed by atoms with Gasteiger partial charge in [-0.3, -0.25) is 9.59 Å². The second-order valence-corrected chi connectivity index (χ2v) is 5.46. The maximum atomic E-state index is 12.0. The number of benzene rings is 2. The monoisotopic (exact) mass is 355 g/mol. The minimum atomic E-state index is -0.379. The number of esters is 1. The molecule has 0 aromatic heterocycles. The van der Waals surface area contributed by atoms with E-state index in [0.717, 1.165) is 0 Å². The van der Waals surface area contributed by atoms with Gasteiger partial charge >= 0.3 is 5.97 Å². The number of carbonyl (C=O) groups is 3. The van der Waals surface area contributed by atoms with Crippen LogP contribution >= 0.6 is 0 Å². The van der Waals surface area contributed by atoms with Gasteiger partial charge in [-0.1, -0.05) is 6.07 Å². The van der Waals surface area contributed by atoms with Crippen molar-refractivity contribution in [3.05, 3.63) is 54.1 Å². The van der Waals surface area contributed by atoms with Gasteiger partial charge in [0.25, 0.3) is 0 Å². The van der Waals surface area contributed by atoms with Gasteiger partial charge in [0.1, 0.15) is 0 Å². The van der Waals surface area contributed by atoms with Crippen LogP contribution in [0.15, 0.2) is 48.5 Å². The zero-order valence-corrected chi connectivity index (χ0v) is 14.7. The number of rotatable bonds is 7. The van der Waals surface area contributed by atoms with E-state index < -0.39 is 0 Å². The molecule has 0 saturated carbocycles. The largest absolute Gasteiger partial charge is 0.462 e. The number of hydrogen-bond acceptors (Lipinski definition) is 5. The Balaban J connectivity index is 1.87. The van der Waals surface area contributed by atoms with Crippen LogP contribution in [0.3, 0.4) is 0 Å². The lowest BCUT2D eigenvalue weighted by Gasteiger charge is -2.10. The first-order chi connectivity index (χ1) is 12.5. The molecule has 26 heavy (non-hydrogen) atoms. The normalized spacial score (nSPS) is 9.92. The van der Waals surface area contributed by atoms with Crippen LogP contribution in [0, 0.1) is 0 Å². The summed E-state index contributed by atoms with van der Waals surface area (Å²) in [6, 6.07) is 13.6. The summed E-state index contributed by atoms with van der Waals surface area (Å²) in [6.07, 6.45) is 0. The maximum absolute atomic E-state index is 12.0. The third-order valence-electron chi connectivity index (χ3n) is 3.32. The summed E-state index contributed by atoms with van der Waals surface area (Å²) in [4.78, 5) is 34.7. The highest BCUT2D eigenvalue weighted by Crippen LogP contribution is 2.15. The predicted octanol–water partition coefficient (Wildman–Crippen LogP) is 2.87. The van der Waals surface area contributed by atoms with E-state index in [1.165, 1.54) is 6.92 Å². The van der Waals surface area contributed by atoms with Crippen molar-refractivity contribution < 1.29 is 19.1 Å². The average Bonchev–Trinajstić information content (AvgIpc) is 2.60. The molecule has 2 aromatic rings. The van der Waals surface area contributed by atoms with Crippen LogP contribution in [0.1, 0.15) is 24.2 Å². The second-order valence-electron chi connectivity index (χ2n) is 5.46. The van der Waals surface area contributed by atoms with Crippen LogP contribution in [0.5, 0.6) is 0 Å². The number of nitrogens with one attached hydrogen (secondary N) is 3. The van der Waals surface area contributed by atoms with Gasteiger partial charge in [0.2, 0.25) is 11.8 Å². The van der Waals surface area contributed by atoms with E-state index in [2.05, 4.69) is 16.0 Å². The molecule has 0 spiro atoms. The van der Waals surface area contributed by atoms with Crippen molar-refractivity contribution in [2.24, 2.45) is 0 Å². The molecule has 7 nitrogen and oxygen atoms in total. The molecule has 3 N–H and O–H groups in total. The quantitative estimate of drug-likeness (QED) is 0.664. The smallest absolute Gasteiger partial charge is 0.338 e. The molecule has 0 fully saturated rings. The van der Waals surface area contributed by atoms with E-state index in [1.54, 1.807) is 55.5 Å². The number of anilines is 3. The summed E-state index contributed by atoms with van der Waals surface area (Å²) < 4.78 is 4.92. The summed E-state index contributed by atoms with van der Waals surface area (Å²) in [7, 11) is 0. The van der Waals surface area contributed by atoms with E-state index in [0.29, 0.717) is 29.2 Å². The maximum Gasteiger partial charge on any atom is 0.338 e.